The number of aromatic nitrogens is 2. The van der Waals surface area contributed by atoms with Crippen LogP contribution in [0.25, 0.3) is 21.1 Å². The molecule has 0 spiro atoms. The van der Waals surface area contributed by atoms with E-state index in [1.54, 1.807) is 17.0 Å². The molecule has 1 aromatic heterocycles. The number of nitrogens with zero attached hydrogens (tertiary/aromatic N) is 5. The monoisotopic (exact) mass is 601 g/mol. The normalized spacial score (nSPS) is 16.5. The molecule has 1 aliphatic heterocycles. The van der Waals surface area contributed by atoms with Crippen LogP contribution >= 0.6 is 11.3 Å². The van der Waals surface area contributed by atoms with Crippen LogP contribution in [0.2, 0.25) is 0 Å². The van der Waals surface area contributed by atoms with E-state index in [-0.39, 0.29) is 18.6 Å². The Balaban J connectivity index is 1.37. The smallest absolute Gasteiger partial charge is 0.411 e. The molecule has 10 heteroatoms. The average Bonchev–Trinajstić information content (AvgIpc) is 3.68. The molecule has 1 atom stereocenters. The predicted octanol–water partition coefficient (Wildman–Crippen LogP) is 6.77. The van der Waals surface area contributed by atoms with E-state index < -0.39 is 17.7 Å². The molecule has 1 aliphatic carbocycles. The highest BCUT2D eigenvalue weighted by Crippen LogP contribution is 2.41. The molecule has 0 saturated carbocycles. The van der Waals surface area contributed by atoms with Crippen LogP contribution in [-0.4, -0.2) is 63.3 Å². The summed E-state index contributed by atoms with van der Waals surface area (Å²) >= 11 is 1.46. The minimum atomic E-state index is -0.570. The van der Waals surface area contributed by atoms with Gasteiger partial charge >= 0.3 is 6.09 Å². The second-order valence-electron chi connectivity index (χ2n) is 12.4. The van der Waals surface area contributed by atoms with Crippen LogP contribution in [0.3, 0.4) is 0 Å². The molecule has 2 heterocycles. The van der Waals surface area contributed by atoms with E-state index in [2.05, 4.69) is 16.3 Å². The van der Waals surface area contributed by atoms with Crippen molar-refractivity contribution < 1.29 is 19.1 Å². The Morgan fingerprint density at radius 1 is 1.12 bits per heavy atom. The molecular weight excluding hydrogens is 562 g/mol. The van der Waals surface area contributed by atoms with Crippen LogP contribution in [0.1, 0.15) is 83.1 Å². The zero-order chi connectivity index (χ0) is 30.7. The fourth-order valence-corrected chi connectivity index (χ4v) is 6.54. The summed E-state index contributed by atoms with van der Waals surface area (Å²) in [6, 6.07) is 13.7. The first kappa shape index (κ1) is 30.5. The molecule has 2 aromatic carbocycles. The van der Waals surface area contributed by atoms with E-state index >= 15 is 0 Å². The Bertz CT molecular complexity index is 1530. The van der Waals surface area contributed by atoms with Crippen molar-refractivity contribution >= 4 is 23.3 Å². The molecule has 2 aliphatic rings. The zero-order valence-electron chi connectivity index (χ0n) is 25.6. The van der Waals surface area contributed by atoms with Crippen LogP contribution in [0.15, 0.2) is 36.4 Å². The third kappa shape index (κ3) is 6.83. The van der Waals surface area contributed by atoms with Gasteiger partial charge in [0, 0.05) is 29.8 Å². The topological polar surface area (TPSA) is 109 Å². The number of benzene rings is 2. The summed E-state index contributed by atoms with van der Waals surface area (Å²) in [7, 11) is 0. The van der Waals surface area contributed by atoms with Gasteiger partial charge in [-0.25, -0.2) is 4.79 Å². The van der Waals surface area contributed by atoms with Crippen LogP contribution in [0.5, 0.6) is 5.75 Å². The van der Waals surface area contributed by atoms with Crippen LogP contribution in [0.4, 0.5) is 4.79 Å². The van der Waals surface area contributed by atoms with Crippen LogP contribution < -0.4 is 4.74 Å². The van der Waals surface area contributed by atoms with Crippen LogP contribution in [0, 0.1) is 11.3 Å². The summed E-state index contributed by atoms with van der Waals surface area (Å²) in [4.78, 5) is 29.9. The lowest BCUT2D eigenvalue weighted by Crippen LogP contribution is -2.51. The summed E-state index contributed by atoms with van der Waals surface area (Å²) in [5.41, 5.74) is 3.73. The Labute approximate surface area is 257 Å². The van der Waals surface area contributed by atoms with Gasteiger partial charge < -0.3 is 14.4 Å². The summed E-state index contributed by atoms with van der Waals surface area (Å²) < 4.78 is 11.9. The maximum Gasteiger partial charge on any atom is 0.411 e. The fraction of sp³-hybridized carbons (Fsp3) is 0.485. The lowest BCUT2D eigenvalue weighted by molar-refractivity contribution is -0.132. The van der Waals surface area contributed by atoms with Crippen molar-refractivity contribution in [3.8, 4) is 33.0 Å². The van der Waals surface area contributed by atoms with Gasteiger partial charge in [-0.3, -0.25) is 9.69 Å². The number of hydrogen-bond acceptors (Lipinski definition) is 8. The standard InChI is InChI=1S/C33H39N5O4S/c1-21(2)41-27-15-14-22(18-23(27)19-34)30-35-36-31(43-30)26-12-8-11-25-24(26)10-9-13-28(25)42-32(40)38(33(3,4)5)20-29(39)37-16-6-7-17-37/h8,11-12,14-15,18,21,28H,6-7,9-10,13,16-17,20H2,1-5H3. The molecule has 0 N–H and O–H groups in total. The maximum absolute atomic E-state index is 13.5. The molecule has 3 aromatic rings. The fourth-order valence-electron chi connectivity index (χ4n) is 5.65. The van der Waals surface area contributed by atoms with Crippen molar-refractivity contribution in [2.45, 2.75) is 84.5 Å². The number of nitriles is 1. The Hall–Kier alpha value is -3.97. The van der Waals surface area contributed by atoms with Crippen molar-refractivity contribution in [1.82, 2.24) is 20.0 Å². The molecule has 0 radical (unpaired) electrons. The molecule has 9 nitrogen and oxygen atoms in total. The van der Waals surface area contributed by atoms with Gasteiger partial charge in [-0.05, 0) is 96.0 Å². The minimum Gasteiger partial charge on any atom is -0.490 e. The first-order valence-corrected chi connectivity index (χ1v) is 15.8. The van der Waals surface area contributed by atoms with Gasteiger partial charge in [0.15, 0.2) is 0 Å². The van der Waals surface area contributed by atoms with Gasteiger partial charge in [0.2, 0.25) is 5.91 Å². The van der Waals surface area contributed by atoms with Crippen molar-refractivity contribution in [2.75, 3.05) is 19.6 Å². The second kappa shape index (κ2) is 12.7. The number of carbonyl (C=O) groups is 2. The zero-order valence-corrected chi connectivity index (χ0v) is 26.4. The lowest BCUT2D eigenvalue weighted by Gasteiger charge is -2.37. The molecule has 0 bridgehead atoms. The number of amides is 2. The van der Waals surface area contributed by atoms with Crippen molar-refractivity contribution in [3.05, 3.63) is 53.1 Å². The predicted molar refractivity (Wildman–Crippen MR) is 166 cm³/mol. The quantitative estimate of drug-likeness (QED) is 0.294. The highest BCUT2D eigenvalue weighted by atomic mass is 32.1. The maximum atomic E-state index is 13.5. The number of fused-ring (bicyclic) bond motifs is 1. The van der Waals surface area contributed by atoms with Crippen molar-refractivity contribution in [3.63, 3.8) is 0 Å². The van der Waals surface area contributed by atoms with Gasteiger partial charge in [-0.2, -0.15) is 5.26 Å². The van der Waals surface area contributed by atoms with E-state index in [9.17, 15) is 14.9 Å². The Morgan fingerprint density at radius 2 is 1.86 bits per heavy atom. The molecule has 1 saturated heterocycles. The highest BCUT2D eigenvalue weighted by molar-refractivity contribution is 7.17. The SMILES string of the molecule is CC(C)Oc1ccc(-c2nnc(-c3cccc4c3CCCC4OC(=O)N(CC(=O)N3CCCC3)C(C)(C)C)s2)cc1C#N. The minimum absolute atomic E-state index is 0.00754. The second-order valence-corrected chi connectivity index (χ2v) is 13.4. The highest BCUT2D eigenvalue weighted by Gasteiger charge is 2.35. The molecule has 43 heavy (non-hydrogen) atoms. The van der Waals surface area contributed by atoms with Gasteiger partial charge in [0.05, 0.1) is 11.7 Å². The van der Waals surface area contributed by atoms with Crippen LogP contribution in [-0.2, 0) is 16.0 Å². The first-order valence-electron chi connectivity index (χ1n) is 15.0. The Kier molecular flexibility index (Phi) is 9.02. The van der Waals surface area contributed by atoms with E-state index in [0.717, 1.165) is 66.0 Å². The Morgan fingerprint density at radius 3 is 2.56 bits per heavy atom. The van der Waals surface area contributed by atoms with Crippen molar-refractivity contribution in [2.24, 2.45) is 0 Å². The lowest BCUT2D eigenvalue weighted by atomic mass is 9.86. The van der Waals surface area contributed by atoms with Gasteiger partial charge in [0.1, 0.15) is 34.5 Å². The summed E-state index contributed by atoms with van der Waals surface area (Å²) in [6.45, 7) is 11.1. The van der Waals surface area contributed by atoms with Gasteiger partial charge in [-0.15, -0.1) is 10.2 Å². The van der Waals surface area contributed by atoms with E-state index in [0.29, 0.717) is 22.7 Å². The largest absolute Gasteiger partial charge is 0.490 e. The molecular formula is C33H39N5O4S. The van der Waals surface area contributed by atoms with Gasteiger partial charge in [-0.1, -0.05) is 29.5 Å². The number of ether oxygens (including phenoxy) is 2. The third-order valence-electron chi connectivity index (χ3n) is 7.84. The summed E-state index contributed by atoms with van der Waals surface area (Å²) in [5.74, 6) is 0.515. The molecule has 1 fully saturated rings. The van der Waals surface area contributed by atoms with E-state index in [1.165, 1.54) is 11.3 Å². The average molecular weight is 602 g/mol. The molecule has 5 rings (SSSR count). The van der Waals surface area contributed by atoms with Gasteiger partial charge in [0.25, 0.3) is 0 Å². The molecule has 1 unspecified atom stereocenters. The number of rotatable bonds is 7. The number of likely N-dealkylation sites (tertiary alicyclic amines) is 1. The first-order chi connectivity index (χ1) is 20.5. The number of carbonyl (C=O) groups excluding carboxylic acids is 2. The summed E-state index contributed by atoms with van der Waals surface area (Å²) in [5, 5.41) is 20.1. The van der Waals surface area contributed by atoms with E-state index in [4.69, 9.17) is 9.47 Å². The number of hydrogen-bond donors (Lipinski definition) is 0. The van der Waals surface area contributed by atoms with Crippen molar-refractivity contribution in [1.29, 1.82) is 5.26 Å². The molecule has 226 valence electrons. The van der Waals surface area contributed by atoms with E-state index in [1.807, 2.05) is 63.8 Å². The summed E-state index contributed by atoms with van der Waals surface area (Å²) in [6.07, 6.45) is 3.49. The molecule has 2 amide bonds. The third-order valence-corrected chi connectivity index (χ3v) is 8.85.